The molecule has 0 N–H and O–H groups in total. The minimum Gasteiger partial charge on any atom is -0.303 e. The van der Waals surface area contributed by atoms with E-state index in [1.165, 1.54) is 0 Å². The number of carbonyl (C=O) groups excluding carboxylic acids is 2. The normalized spacial score (nSPS) is 12.5. The molecule has 0 radical (unpaired) electrons. The van der Waals surface area contributed by atoms with Crippen molar-refractivity contribution < 1.29 is 9.59 Å². The first-order valence-electron chi connectivity index (χ1n) is 6.23. The van der Waals surface area contributed by atoms with Crippen LogP contribution >= 0.6 is 0 Å². The molecule has 2 heteroatoms. The molecule has 0 aromatic heterocycles. The number of ketones is 1. The van der Waals surface area contributed by atoms with E-state index < -0.39 is 0 Å². The topological polar surface area (TPSA) is 34.1 Å². The molecule has 1 unspecified atom stereocenters. The van der Waals surface area contributed by atoms with Crippen molar-refractivity contribution >= 4 is 12.1 Å². The summed E-state index contributed by atoms with van der Waals surface area (Å²) in [6, 6.07) is 7.40. The lowest BCUT2D eigenvalue weighted by Crippen LogP contribution is -2.13. The SMILES string of the molecule is CCC(CC)C(=O)c1ccc(C(C)C=O)cc1. The van der Waals surface area contributed by atoms with Gasteiger partial charge < -0.3 is 4.79 Å². The van der Waals surface area contributed by atoms with Crippen LogP contribution in [-0.2, 0) is 4.79 Å². The van der Waals surface area contributed by atoms with Crippen LogP contribution in [0.15, 0.2) is 24.3 Å². The maximum Gasteiger partial charge on any atom is 0.165 e. The number of hydrogen-bond acceptors (Lipinski definition) is 2. The van der Waals surface area contributed by atoms with Crippen LogP contribution in [-0.4, -0.2) is 12.1 Å². The Hall–Kier alpha value is -1.44. The molecule has 0 heterocycles. The van der Waals surface area contributed by atoms with E-state index in [1.807, 2.05) is 45.0 Å². The van der Waals surface area contributed by atoms with Crippen LogP contribution in [0.3, 0.4) is 0 Å². The van der Waals surface area contributed by atoms with Gasteiger partial charge in [-0.3, -0.25) is 4.79 Å². The molecule has 0 bridgehead atoms. The van der Waals surface area contributed by atoms with Crippen LogP contribution in [0.5, 0.6) is 0 Å². The fourth-order valence-electron chi connectivity index (χ4n) is 1.92. The molecule has 0 aliphatic carbocycles. The first-order valence-corrected chi connectivity index (χ1v) is 6.23. The minimum atomic E-state index is -0.104. The van der Waals surface area contributed by atoms with Gasteiger partial charge in [0.15, 0.2) is 5.78 Å². The van der Waals surface area contributed by atoms with Crippen LogP contribution < -0.4 is 0 Å². The third-order valence-corrected chi connectivity index (χ3v) is 3.28. The van der Waals surface area contributed by atoms with Crippen molar-refractivity contribution in [1.82, 2.24) is 0 Å². The smallest absolute Gasteiger partial charge is 0.165 e. The Balaban J connectivity index is 2.87. The molecule has 2 nitrogen and oxygen atoms in total. The Morgan fingerprint density at radius 2 is 1.71 bits per heavy atom. The van der Waals surface area contributed by atoms with Gasteiger partial charge in [0.2, 0.25) is 0 Å². The zero-order chi connectivity index (χ0) is 12.8. The van der Waals surface area contributed by atoms with Crippen LogP contribution in [0, 0.1) is 5.92 Å². The summed E-state index contributed by atoms with van der Waals surface area (Å²) in [7, 11) is 0. The van der Waals surface area contributed by atoms with Gasteiger partial charge in [-0.05, 0) is 18.4 Å². The van der Waals surface area contributed by atoms with E-state index in [1.54, 1.807) is 0 Å². The number of rotatable bonds is 6. The Labute approximate surface area is 103 Å². The van der Waals surface area contributed by atoms with Crippen LogP contribution in [0.4, 0.5) is 0 Å². The standard InChI is InChI=1S/C15H20O2/c1-4-12(5-2)15(17)14-8-6-13(7-9-14)11(3)10-16/h6-12H,4-5H2,1-3H3. The Bertz CT molecular complexity index is 374. The molecule has 0 aliphatic rings. The lowest BCUT2D eigenvalue weighted by Gasteiger charge is -2.11. The highest BCUT2D eigenvalue weighted by Crippen LogP contribution is 2.18. The molecule has 1 aromatic rings. The zero-order valence-corrected chi connectivity index (χ0v) is 10.8. The van der Waals surface area contributed by atoms with E-state index in [0.717, 1.165) is 30.3 Å². The molecule has 1 aromatic carbocycles. The van der Waals surface area contributed by atoms with Crippen molar-refractivity contribution in [3.05, 3.63) is 35.4 Å². The molecule has 0 aliphatic heterocycles. The summed E-state index contributed by atoms with van der Waals surface area (Å²) in [4.78, 5) is 22.7. The predicted octanol–water partition coefficient (Wildman–Crippen LogP) is 3.61. The summed E-state index contributed by atoms with van der Waals surface area (Å²) in [5, 5.41) is 0. The van der Waals surface area contributed by atoms with Gasteiger partial charge in [-0.25, -0.2) is 0 Å². The average Bonchev–Trinajstić information content (AvgIpc) is 2.39. The fourth-order valence-corrected chi connectivity index (χ4v) is 1.92. The summed E-state index contributed by atoms with van der Waals surface area (Å²) in [6.07, 6.45) is 2.67. The second kappa shape index (κ2) is 6.33. The van der Waals surface area contributed by atoms with Crippen LogP contribution in [0.25, 0.3) is 0 Å². The van der Waals surface area contributed by atoms with Gasteiger partial charge in [-0.2, -0.15) is 0 Å². The highest BCUT2D eigenvalue weighted by molar-refractivity contribution is 5.97. The molecular weight excluding hydrogens is 212 g/mol. The summed E-state index contributed by atoms with van der Waals surface area (Å²) in [5.74, 6) is 0.219. The Morgan fingerprint density at radius 3 is 2.12 bits per heavy atom. The lowest BCUT2D eigenvalue weighted by molar-refractivity contribution is -0.108. The summed E-state index contributed by atoms with van der Waals surface area (Å²) < 4.78 is 0. The number of hydrogen-bond donors (Lipinski definition) is 0. The largest absolute Gasteiger partial charge is 0.303 e. The third-order valence-electron chi connectivity index (χ3n) is 3.28. The summed E-state index contributed by atoms with van der Waals surface area (Å²) in [5.41, 5.74) is 1.71. The molecule has 0 amide bonds. The second-order valence-electron chi connectivity index (χ2n) is 4.42. The van der Waals surface area contributed by atoms with Crippen molar-refractivity contribution in [2.24, 2.45) is 5.92 Å². The third kappa shape index (κ3) is 3.26. The van der Waals surface area contributed by atoms with Crippen LogP contribution in [0.1, 0.15) is 55.5 Å². The van der Waals surface area contributed by atoms with Gasteiger partial charge in [0.05, 0.1) is 0 Å². The molecule has 1 atom stereocenters. The van der Waals surface area contributed by atoms with Gasteiger partial charge in [0.1, 0.15) is 6.29 Å². The molecule has 0 spiro atoms. The van der Waals surface area contributed by atoms with Gasteiger partial charge >= 0.3 is 0 Å². The van der Waals surface area contributed by atoms with Crippen molar-refractivity contribution in [2.75, 3.05) is 0 Å². The van der Waals surface area contributed by atoms with Gasteiger partial charge in [-0.15, -0.1) is 0 Å². The highest BCUT2D eigenvalue weighted by atomic mass is 16.1. The lowest BCUT2D eigenvalue weighted by atomic mass is 9.91. The monoisotopic (exact) mass is 232 g/mol. The maximum absolute atomic E-state index is 12.1. The number of carbonyl (C=O) groups is 2. The summed E-state index contributed by atoms with van der Waals surface area (Å²) in [6.45, 7) is 5.93. The molecule has 17 heavy (non-hydrogen) atoms. The Morgan fingerprint density at radius 1 is 1.18 bits per heavy atom. The molecule has 0 saturated heterocycles. The van der Waals surface area contributed by atoms with Crippen LogP contribution in [0.2, 0.25) is 0 Å². The van der Waals surface area contributed by atoms with Crippen molar-refractivity contribution in [3.8, 4) is 0 Å². The maximum atomic E-state index is 12.1. The first-order chi connectivity index (χ1) is 8.13. The van der Waals surface area contributed by atoms with Crippen molar-refractivity contribution in [2.45, 2.75) is 39.5 Å². The fraction of sp³-hybridized carbons (Fsp3) is 0.467. The van der Waals surface area contributed by atoms with E-state index in [9.17, 15) is 9.59 Å². The molecule has 0 saturated carbocycles. The molecule has 92 valence electrons. The van der Waals surface area contributed by atoms with Crippen molar-refractivity contribution in [3.63, 3.8) is 0 Å². The zero-order valence-electron chi connectivity index (χ0n) is 10.8. The number of benzene rings is 1. The van der Waals surface area contributed by atoms with Gasteiger partial charge in [0.25, 0.3) is 0 Å². The average molecular weight is 232 g/mol. The van der Waals surface area contributed by atoms with E-state index >= 15 is 0 Å². The molecular formula is C15H20O2. The number of aldehydes is 1. The second-order valence-corrected chi connectivity index (χ2v) is 4.42. The van der Waals surface area contributed by atoms with Crippen molar-refractivity contribution in [1.29, 1.82) is 0 Å². The molecule has 1 rings (SSSR count). The molecule has 0 fully saturated rings. The van der Waals surface area contributed by atoms with Gasteiger partial charge in [-0.1, -0.05) is 45.0 Å². The van der Waals surface area contributed by atoms with E-state index in [2.05, 4.69) is 0 Å². The first kappa shape index (κ1) is 13.6. The van der Waals surface area contributed by atoms with E-state index in [4.69, 9.17) is 0 Å². The Kier molecular flexibility index (Phi) is 5.08. The van der Waals surface area contributed by atoms with E-state index in [0.29, 0.717) is 0 Å². The van der Waals surface area contributed by atoms with Gasteiger partial charge in [0, 0.05) is 17.4 Å². The predicted molar refractivity (Wildman–Crippen MR) is 69.3 cm³/mol. The van der Waals surface area contributed by atoms with E-state index in [-0.39, 0.29) is 17.6 Å². The highest BCUT2D eigenvalue weighted by Gasteiger charge is 2.16. The number of Topliss-reactive ketones (excluding diaryl/α,β-unsaturated/α-hetero) is 1. The minimum absolute atomic E-state index is 0.104. The quantitative estimate of drug-likeness (QED) is 0.554. The summed E-state index contributed by atoms with van der Waals surface area (Å²) >= 11 is 0.